The minimum absolute atomic E-state index is 0.0386. The Hall–Kier alpha value is -3.35. The van der Waals surface area contributed by atoms with Gasteiger partial charge in [0, 0.05) is 12.1 Å². The van der Waals surface area contributed by atoms with Crippen LogP contribution in [0.1, 0.15) is 33.6 Å². The Morgan fingerprint density at radius 1 is 1.11 bits per heavy atom. The molecule has 142 valence electrons. The maximum Gasteiger partial charge on any atom is 0.254 e. The van der Waals surface area contributed by atoms with Crippen LogP contribution >= 0.6 is 0 Å². The second-order valence-corrected chi connectivity index (χ2v) is 7.13. The molecule has 1 atom stereocenters. The van der Waals surface area contributed by atoms with E-state index in [9.17, 15) is 4.79 Å². The van der Waals surface area contributed by atoms with E-state index in [0.717, 1.165) is 18.1 Å². The fraction of sp³-hybridized carbons (Fsp3) is 0.286. The van der Waals surface area contributed by atoms with Crippen LogP contribution in [0.2, 0.25) is 0 Å². The smallest absolute Gasteiger partial charge is 0.254 e. The van der Waals surface area contributed by atoms with Gasteiger partial charge in [-0.1, -0.05) is 30.3 Å². The first-order valence-corrected chi connectivity index (χ1v) is 9.32. The summed E-state index contributed by atoms with van der Waals surface area (Å²) >= 11 is 0. The average Bonchev–Trinajstić information content (AvgIpc) is 3.34. The Morgan fingerprint density at radius 3 is 2.79 bits per heavy atom. The minimum Gasteiger partial charge on any atom is -0.454 e. The fourth-order valence-electron chi connectivity index (χ4n) is 3.98. The molecular formula is C21H20N4O3. The normalized spacial score (nSPS) is 17.5. The lowest BCUT2D eigenvalue weighted by Crippen LogP contribution is -2.42. The summed E-state index contributed by atoms with van der Waals surface area (Å²) < 4.78 is 12.9. The van der Waals surface area contributed by atoms with Crippen molar-refractivity contribution in [2.45, 2.75) is 25.9 Å². The molecule has 0 aliphatic carbocycles. The molecule has 0 saturated heterocycles. The van der Waals surface area contributed by atoms with Crippen LogP contribution in [0.5, 0.6) is 11.5 Å². The van der Waals surface area contributed by atoms with Gasteiger partial charge in [-0.05, 0) is 37.1 Å². The highest BCUT2D eigenvalue weighted by molar-refractivity contribution is 5.95. The molecule has 0 spiro atoms. The van der Waals surface area contributed by atoms with Crippen LogP contribution in [-0.2, 0) is 13.0 Å². The first-order chi connectivity index (χ1) is 13.7. The Morgan fingerprint density at radius 2 is 1.93 bits per heavy atom. The zero-order valence-electron chi connectivity index (χ0n) is 15.5. The SMILES string of the molecule is Cc1nnc2n1[C@H](Cc1ccccc1)CN(C(=O)c1ccc3c(c1)OCO3)C2. The highest BCUT2D eigenvalue weighted by Gasteiger charge is 2.31. The number of carbonyl (C=O) groups is 1. The van der Waals surface area contributed by atoms with Crippen molar-refractivity contribution >= 4 is 5.91 Å². The number of ether oxygens (including phenoxy) is 2. The van der Waals surface area contributed by atoms with Gasteiger partial charge < -0.3 is 18.9 Å². The van der Waals surface area contributed by atoms with E-state index >= 15 is 0 Å². The summed E-state index contributed by atoms with van der Waals surface area (Å²) in [5, 5.41) is 8.55. The minimum atomic E-state index is -0.0386. The van der Waals surface area contributed by atoms with Crippen LogP contribution in [-0.4, -0.2) is 38.9 Å². The maximum atomic E-state index is 13.2. The van der Waals surface area contributed by atoms with Gasteiger partial charge in [-0.3, -0.25) is 4.79 Å². The average molecular weight is 376 g/mol. The molecule has 5 rings (SSSR count). The third-order valence-electron chi connectivity index (χ3n) is 5.29. The zero-order valence-corrected chi connectivity index (χ0v) is 15.5. The second-order valence-electron chi connectivity index (χ2n) is 7.13. The number of rotatable bonds is 3. The molecule has 3 aromatic rings. The number of aromatic nitrogens is 3. The highest BCUT2D eigenvalue weighted by atomic mass is 16.7. The molecule has 0 fully saturated rings. The third kappa shape index (κ3) is 2.89. The molecule has 2 aliphatic heterocycles. The number of fused-ring (bicyclic) bond motifs is 2. The lowest BCUT2D eigenvalue weighted by molar-refractivity contribution is 0.0671. The molecule has 0 saturated carbocycles. The Labute approximate surface area is 162 Å². The molecular weight excluding hydrogens is 356 g/mol. The van der Waals surface area contributed by atoms with Crippen LogP contribution in [0.3, 0.4) is 0 Å². The number of hydrogen-bond acceptors (Lipinski definition) is 5. The number of benzene rings is 2. The van der Waals surface area contributed by atoms with E-state index in [1.807, 2.05) is 30.0 Å². The van der Waals surface area contributed by atoms with E-state index in [2.05, 4.69) is 26.9 Å². The van der Waals surface area contributed by atoms with Crippen LogP contribution in [0.25, 0.3) is 0 Å². The predicted molar refractivity (Wildman–Crippen MR) is 101 cm³/mol. The van der Waals surface area contributed by atoms with Gasteiger partial charge in [0.05, 0.1) is 12.6 Å². The van der Waals surface area contributed by atoms with E-state index in [0.29, 0.717) is 30.2 Å². The quantitative estimate of drug-likeness (QED) is 0.703. The van der Waals surface area contributed by atoms with Gasteiger partial charge in [-0.25, -0.2) is 0 Å². The van der Waals surface area contributed by atoms with Crippen molar-refractivity contribution in [3.8, 4) is 11.5 Å². The van der Waals surface area contributed by atoms with E-state index in [1.165, 1.54) is 5.56 Å². The zero-order chi connectivity index (χ0) is 19.1. The highest BCUT2D eigenvalue weighted by Crippen LogP contribution is 2.33. The van der Waals surface area contributed by atoms with Crippen molar-refractivity contribution in [2.24, 2.45) is 0 Å². The second kappa shape index (κ2) is 6.67. The molecule has 0 radical (unpaired) electrons. The van der Waals surface area contributed by atoms with Gasteiger partial charge in [0.2, 0.25) is 6.79 Å². The third-order valence-corrected chi connectivity index (χ3v) is 5.29. The Balaban J connectivity index is 1.44. The molecule has 0 N–H and O–H groups in total. The molecule has 0 unspecified atom stereocenters. The van der Waals surface area contributed by atoms with Crippen molar-refractivity contribution in [3.05, 3.63) is 71.3 Å². The lowest BCUT2D eigenvalue weighted by Gasteiger charge is -2.34. The monoisotopic (exact) mass is 376 g/mol. The molecule has 1 amide bonds. The molecule has 7 heteroatoms. The molecule has 28 heavy (non-hydrogen) atoms. The molecule has 1 aromatic heterocycles. The maximum absolute atomic E-state index is 13.2. The van der Waals surface area contributed by atoms with Gasteiger partial charge in [-0.15, -0.1) is 10.2 Å². The summed E-state index contributed by atoms with van der Waals surface area (Å²) in [6, 6.07) is 15.7. The molecule has 7 nitrogen and oxygen atoms in total. The van der Waals surface area contributed by atoms with Gasteiger partial charge >= 0.3 is 0 Å². The van der Waals surface area contributed by atoms with Crippen molar-refractivity contribution in [1.82, 2.24) is 19.7 Å². The Bertz CT molecular complexity index is 1030. The summed E-state index contributed by atoms with van der Waals surface area (Å²) in [7, 11) is 0. The topological polar surface area (TPSA) is 69.5 Å². The van der Waals surface area contributed by atoms with Crippen LogP contribution in [0.15, 0.2) is 48.5 Å². The van der Waals surface area contributed by atoms with Crippen molar-refractivity contribution < 1.29 is 14.3 Å². The van der Waals surface area contributed by atoms with E-state index in [-0.39, 0.29) is 18.7 Å². The van der Waals surface area contributed by atoms with Crippen molar-refractivity contribution in [1.29, 1.82) is 0 Å². The summed E-state index contributed by atoms with van der Waals surface area (Å²) in [6.45, 7) is 3.20. The van der Waals surface area contributed by atoms with Crippen LogP contribution < -0.4 is 9.47 Å². The largest absolute Gasteiger partial charge is 0.454 e. The summed E-state index contributed by atoms with van der Waals surface area (Å²) in [6.07, 6.45) is 0.817. The van der Waals surface area contributed by atoms with E-state index in [1.54, 1.807) is 18.2 Å². The van der Waals surface area contributed by atoms with E-state index < -0.39 is 0 Å². The molecule has 2 aromatic carbocycles. The number of amides is 1. The van der Waals surface area contributed by atoms with Gasteiger partial charge in [-0.2, -0.15) is 0 Å². The fourth-order valence-corrected chi connectivity index (χ4v) is 3.98. The number of aryl methyl sites for hydroxylation is 1. The number of hydrogen-bond donors (Lipinski definition) is 0. The summed E-state index contributed by atoms with van der Waals surface area (Å²) in [4.78, 5) is 15.0. The molecule has 3 heterocycles. The lowest BCUT2D eigenvalue weighted by atomic mass is 10.0. The summed E-state index contributed by atoms with van der Waals surface area (Å²) in [5.41, 5.74) is 1.82. The van der Waals surface area contributed by atoms with Crippen LogP contribution in [0.4, 0.5) is 0 Å². The van der Waals surface area contributed by atoms with Gasteiger partial charge in [0.15, 0.2) is 17.3 Å². The van der Waals surface area contributed by atoms with Gasteiger partial charge in [0.1, 0.15) is 5.82 Å². The summed E-state index contributed by atoms with van der Waals surface area (Å²) in [5.74, 6) is 2.95. The first-order valence-electron chi connectivity index (χ1n) is 9.32. The number of carbonyl (C=O) groups excluding carboxylic acids is 1. The van der Waals surface area contributed by atoms with Gasteiger partial charge in [0.25, 0.3) is 5.91 Å². The molecule has 0 bridgehead atoms. The molecule has 2 aliphatic rings. The van der Waals surface area contributed by atoms with Crippen LogP contribution in [0, 0.1) is 6.92 Å². The van der Waals surface area contributed by atoms with Crippen molar-refractivity contribution in [3.63, 3.8) is 0 Å². The first kappa shape index (κ1) is 16.8. The Kier molecular flexibility index (Phi) is 4.00. The van der Waals surface area contributed by atoms with Crippen molar-refractivity contribution in [2.75, 3.05) is 13.3 Å². The standard InChI is InChI=1S/C21H20N4O3/c1-14-22-23-20-12-24(11-17(25(14)20)9-15-5-3-2-4-6-15)21(26)16-7-8-18-19(10-16)28-13-27-18/h2-8,10,17H,9,11-13H2,1H3/t17-/m1/s1. The number of nitrogens with zero attached hydrogens (tertiary/aromatic N) is 4. The predicted octanol–water partition coefficient (Wildman–Crippen LogP) is 2.76. The van der Waals surface area contributed by atoms with E-state index in [4.69, 9.17) is 9.47 Å².